The van der Waals surface area contributed by atoms with Crippen LogP contribution in [0.3, 0.4) is 0 Å². The van der Waals surface area contributed by atoms with Crippen LogP contribution in [-0.2, 0) is 20.9 Å². The Morgan fingerprint density at radius 3 is 2.46 bits per heavy atom. The van der Waals surface area contributed by atoms with Crippen LogP contribution in [0.25, 0.3) is 11.1 Å². The molecule has 2 aromatic rings. The zero-order chi connectivity index (χ0) is 24.7. The van der Waals surface area contributed by atoms with Crippen molar-refractivity contribution in [3.63, 3.8) is 0 Å². The summed E-state index contributed by atoms with van der Waals surface area (Å²) in [5.74, 6) is -1.05. The van der Waals surface area contributed by atoms with Gasteiger partial charge in [-0.2, -0.15) is 0 Å². The van der Waals surface area contributed by atoms with Gasteiger partial charge >= 0.3 is 5.97 Å². The van der Waals surface area contributed by atoms with Gasteiger partial charge in [-0.25, -0.2) is 4.39 Å². The maximum Gasteiger partial charge on any atom is 0.317 e. The average molecular weight is 478 g/mol. The zero-order valence-corrected chi connectivity index (χ0v) is 19.8. The van der Waals surface area contributed by atoms with E-state index in [0.29, 0.717) is 22.6 Å². The minimum atomic E-state index is -0.786. The van der Waals surface area contributed by atoms with Crippen molar-refractivity contribution in [2.45, 2.75) is 26.0 Å². The molecule has 7 nitrogen and oxygen atoms in total. The topological polar surface area (TPSA) is 82.1 Å². The van der Waals surface area contributed by atoms with E-state index in [1.54, 1.807) is 6.07 Å². The lowest BCUT2D eigenvalue weighted by molar-refractivity contribution is -0.138. The Morgan fingerprint density at radius 1 is 1.09 bits per heavy atom. The van der Waals surface area contributed by atoms with Gasteiger partial charge in [0.05, 0.1) is 12.1 Å². The van der Waals surface area contributed by atoms with Crippen molar-refractivity contribution in [2.24, 2.45) is 0 Å². The van der Waals surface area contributed by atoms with E-state index in [-0.39, 0.29) is 12.5 Å². The summed E-state index contributed by atoms with van der Waals surface area (Å²) < 4.78 is 20.1. The van der Waals surface area contributed by atoms with Crippen LogP contribution in [0.15, 0.2) is 54.3 Å². The monoisotopic (exact) mass is 477 g/mol. The number of benzene rings is 2. The quantitative estimate of drug-likeness (QED) is 0.641. The van der Waals surface area contributed by atoms with Crippen molar-refractivity contribution >= 4 is 28.7 Å². The van der Waals surface area contributed by atoms with E-state index >= 15 is 0 Å². The molecule has 0 unspecified atom stereocenters. The summed E-state index contributed by atoms with van der Waals surface area (Å²) in [4.78, 5) is 27.8. The third kappa shape index (κ3) is 4.72. The number of halogens is 1. The van der Waals surface area contributed by atoms with Gasteiger partial charge in [-0.3, -0.25) is 19.4 Å². The molecular formula is C27H28FN3O4. The maximum absolute atomic E-state index is 13.9. The molecule has 0 bridgehead atoms. The number of carboxylic acids is 1. The summed E-state index contributed by atoms with van der Waals surface area (Å²) in [5, 5.41) is 11.7. The normalized spacial score (nSPS) is 21.9. The molecule has 8 heteroatoms. The summed E-state index contributed by atoms with van der Waals surface area (Å²) in [6.07, 6.45) is 1.88. The smallest absolute Gasteiger partial charge is 0.317 e. The summed E-state index contributed by atoms with van der Waals surface area (Å²) in [6.45, 7) is 7.98. The van der Waals surface area contributed by atoms with Crippen molar-refractivity contribution in [3.8, 4) is 0 Å². The van der Waals surface area contributed by atoms with Crippen LogP contribution < -0.4 is 5.32 Å². The van der Waals surface area contributed by atoms with Crippen LogP contribution in [0.4, 0.5) is 10.1 Å². The highest BCUT2D eigenvalue weighted by Gasteiger charge is 2.38. The molecule has 1 fully saturated rings. The number of anilines is 1. The molecule has 0 atom stereocenters. The molecule has 3 aliphatic rings. The highest BCUT2D eigenvalue weighted by Crippen LogP contribution is 2.44. The highest BCUT2D eigenvalue weighted by molar-refractivity contribution is 6.32. The number of hydrogen-bond donors (Lipinski definition) is 2. The van der Waals surface area contributed by atoms with Crippen LogP contribution in [-0.4, -0.2) is 65.1 Å². The van der Waals surface area contributed by atoms with Crippen LogP contribution in [0, 0.1) is 5.82 Å². The van der Waals surface area contributed by atoms with Gasteiger partial charge in [0.2, 0.25) is 0 Å². The number of allylic oxidation sites excluding steroid dienone is 1. The molecule has 182 valence electrons. The van der Waals surface area contributed by atoms with Gasteiger partial charge in [-0.05, 0) is 49.2 Å². The molecule has 2 N–H and O–H groups in total. The van der Waals surface area contributed by atoms with Crippen molar-refractivity contribution in [2.75, 3.05) is 38.0 Å². The molecule has 0 aliphatic carbocycles. The number of piperazine rings is 1. The first-order chi connectivity index (χ1) is 16.7. The second kappa shape index (κ2) is 8.94. The van der Waals surface area contributed by atoms with Gasteiger partial charge < -0.3 is 15.2 Å². The number of carbonyl (C=O) groups is 2. The molecular weight excluding hydrogens is 449 g/mol. The van der Waals surface area contributed by atoms with Gasteiger partial charge in [0, 0.05) is 49.5 Å². The zero-order valence-electron chi connectivity index (χ0n) is 19.8. The number of carboxylic acid groups (broad SMARTS) is 1. The van der Waals surface area contributed by atoms with Gasteiger partial charge in [0.15, 0.2) is 0 Å². The fourth-order valence-electron chi connectivity index (χ4n) is 4.95. The molecule has 0 saturated carbocycles. The summed E-state index contributed by atoms with van der Waals surface area (Å²) in [7, 11) is 0. The summed E-state index contributed by atoms with van der Waals surface area (Å²) in [6, 6.07) is 12.5. The van der Waals surface area contributed by atoms with E-state index in [1.807, 2.05) is 24.8 Å². The lowest BCUT2D eigenvalue weighted by Gasteiger charge is -2.33. The standard InChI is InChI=1S/C27H28FN3O4/c1-27(2)21(14-23(35-27)25-20-13-19(28)7-8-22(20)29-26(25)34)18-5-3-17(4-6-18)15-30-9-11-31(12-10-30)16-24(32)33/h3-8,13-14H,9-12,15-16H2,1-2H3,(H,29,34)(H,32,33). The minimum Gasteiger partial charge on any atom is -0.482 e. The molecule has 0 radical (unpaired) electrons. The minimum absolute atomic E-state index is 0.0931. The first-order valence-corrected chi connectivity index (χ1v) is 11.7. The molecule has 3 aliphatic heterocycles. The third-order valence-electron chi connectivity index (χ3n) is 6.76. The van der Waals surface area contributed by atoms with Gasteiger partial charge in [0.25, 0.3) is 5.91 Å². The number of amides is 1. The van der Waals surface area contributed by atoms with Crippen LogP contribution in [0.2, 0.25) is 0 Å². The first kappa shape index (κ1) is 23.3. The van der Waals surface area contributed by atoms with E-state index in [9.17, 15) is 14.0 Å². The van der Waals surface area contributed by atoms with Crippen molar-refractivity contribution in [3.05, 3.63) is 76.8 Å². The number of rotatable bonds is 5. The van der Waals surface area contributed by atoms with Crippen molar-refractivity contribution in [1.29, 1.82) is 0 Å². The van der Waals surface area contributed by atoms with Crippen LogP contribution in [0.5, 0.6) is 0 Å². The molecule has 2 aromatic carbocycles. The van der Waals surface area contributed by atoms with Crippen LogP contribution in [0.1, 0.15) is 30.5 Å². The van der Waals surface area contributed by atoms with Crippen LogP contribution >= 0.6 is 0 Å². The molecule has 1 saturated heterocycles. The Kier molecular flexibility index (Phi) is 5.94. The molecule has 0 aromatic heterocycles. The van der Waals surface area contributed by atoms with Crippen molar-refractivity contribution < 1.29 is 23.8 Å². The molecule has 3 heterocycles. The van der Waals surface area contributed by atoms with Gasteiger partial charge in [-0.1, -0.05) is 24.3 Å². The lowest BCUT2D eigenvalue weighted by atomic mass is 9.91. The number of nitrogens with zero attached hydrogens (tertiary/aromatic N) is 2. The van der Waals surface area contributed by atoms with E-state index < -0.39 is 17.4 Å². The number of hydrogen-bond acceptors (Lipinski definition) is 5. The third-order valence-corrected chi connectivity index (χ3v) is 6.76. The largest absolute Gasteiger partial charge is 0.482 e. The van der Waals surface area contributed by atoms with Crippen molar-refractivity contribution in [1.82, 2.24) is 9.80 Å². The number of nitrogens with one attached hydrogen (secondary N) is 1. The molecule has 5 rings (SSSR count). The maximum atomic E-state index is 13.9. The Bertz CT molecular complexity index is 1240. The Hall–Kier alpha value is -3.49. The SMILES string of the molecule is CC1(C)OC(=C2C(=O)Nc3ccc(F)cc32)C=C1c1ccc(CN2CCN(CC(=O)O)CC2)cc1. The highest BCUT2D eigenvalue weighted by atomic mass is 19.1. The van der Waals surface area contributed by atoms with E-state index in [4.69, 9.17) is 9.84 Å². The van der Waals surface area contributed by atoms with E-state index in [0.717, 1.165) is 43.9 Å². The number of fused-ring (bicyclic) bond motifs is 1. The summed E-state index contributed by atoms with van der Waals surface area (Å²) in [5.41, 5.74) is 3.91. The second-order valence-electron chi connectivity index (χ2n) is 9.70. The summed E-state index contributed by atoms with van der Waals surface area (Å²) >= 11 is 0. The number of carbonyl (C=O) groups excluding carboxylic acids is 1. The Morgan fingerprint density at radius 2 is 1.77 bits per heavy atom. The molecule has 1 amide bonds. The average Bonchev–Trinajstić information content (AvgIpc) is 3.29. The predicted molar refractivity (Wildman–Crippen MR) is 131 cm³/mol. The Balaban J connectivity index is 1.34. The first-order valence-electron chi connectivity index (χ1n) is 11.7. The van der Waals surface area contributed by atoms with E-state index in [2.05, 4.69) is 34.5 Å². The second-order valence-corrected chi connectivity index (χ2v) is 9.70. The predicted octanol–water partition coefficient (Wildman–Crippen LogP) is 3.58. The van der Waals surface area contributed by atoms with Gasteiger partial charge in [-0.15, -0.1) is 0 Å². The fourth-order valence-corrected chi connectivity index (χ4v) is 4.95. The molecule has 0 spiro atoms. The fraction of sp³-hybridized carbons (Fsp3) is 0.333. The van der Waals surface area contributed by atoms with E-state index in [1.165, 1.54) is 17.7 Å². The molecule has 35 heavy (non-hydrogen) atoms. The lowest BCUT2D eigenvalue weighted by Crippen LogP contribution is -2.47. The Labute approximate surface area is 203 Å². The van der Waals surface area contributed by atoms with Gasteiger partial charge in [0.1, 0.15) is 17.2 Å². The number of ether oxygens (including phenoxy) is 1. The number of aliphatic carboxylic acids is 1.